The van der Waals surface area contributed by atoms with Gasteiger partial charge in [0.1, 0.15) is 6.54 Å². The first-order chi connectivity index (χ1) is 9.83. The van der Waals surface area contributed by atoms with Gasteiger partial charge in [-0.2, -0.15) is 16.9 Å². The predicted molar refractivity (Wildman–Crippen MR) is 82.9 cm³/mol. The maximum atomic E-state index is 12.3. The van der Waals surface area contributed by atoms with Gasteiger partial charge < -0.3 is 4.90 Å². The average Bonchev–Trinajstić information content (AvgIpc) is 3.09. The second-order valence-electron chi connectivity index (χ2n) is 4.75. The fourth-order valence-electron chi connectivity index (χ4n) is 2.35. The number of carbonyl (C=O) groups excluding carboxylic acids is 1. The van der Waals surface area contributed by atoms with Gasteiger partial charge in [-0.3, -0.25) is 9.48 Å². The SMILES string of the molecule is O=C(Cn1cccn1)N1CCS[C@@H](c2cccs2)CC1. The Hall–Kier alpha value is -1.27. The van der Waals surface area contributed by atoms with Crippen molar-refractivity contribution in [3.8, 4) is 0 Å². The standard InChI is InChI=1S/C14H17N3OS2/c18-14(11-17-6-2-5-15-17)16-7-4-13(20-10-8-16)12-3-1-9-19-12/h1-3,5-6,9,13H,4,7-8,10-11H2/t13-/m1/s1. The van der Waals surface area contributed by atoms with Crippen LogP contribution in [0.5, 0.6) is 0 Å². The van der Waals surface area contributed by atoms with Crippen molar-refractivity contribution in [2.75, 3.05) is 18.8 Å². The smallest absolute Gasteiger partial charge is 0.244 e. The molecular weight excluding hydrogens is 290 g/mol. The lowest BCUT2D eigenvalue weighted by atomic mass is 10.2. The molecule has 1 atom stereocenters. The summed E-state index contributed by atoms with van der Waals surface area (Å²) in [5.74, 6) is 1.18. The molecule has 0 spiro atoms. The number of amides is 1. The van der Waals surface area contributed by atoms with E-state index >= 15 is 0 Å². The third-order valence-electron chi connectivity index (χ3n) is 3.41. The van der Waals surface area contributed by atoms with E-state index in [4.69, 9.17) is 0 Å². The topological polar surface area (TPSA) is 38.1 Å². The van der Waals surface area contributed by atoms with Crippen molar-refractivity contribution in [2.24, 2.45) is 0 Å². The molecule has 3 heterocycles. The van der Waals surface area contributed by atoms with E-state index in [9.17, 15) is 4.79 Å². The maximum absolute atomic E-state index is 12.3. The van der Waals surface area contributed by atoms with Crippen molar-refractivity contribution in [2.45, 2.75) is 18.2 Å². The number of nitrogens with zero attached hydrogens (tertiary/aromatic N) is 3. The molecule has 1 aliphatic heterocycles. The second-order valence-corrected chi connectivity index (χ2v) is 7.04. The number of rotatable bonds is 3. The zero-order chi connectivity index (χ0) is 13.8. The molecule has 1 saturated heterocycles. The van der Waals surface area contributed by atoms with E-state index in [-0.39, 0.29) is 5.91 Å². The molecule has 3 rings (SSSR count). The van der Waals surface area contributed by atoms with Gasteiger partial charge in [0.05, 0.1) is 0 Å². The normalized spacial score (nSPS) is 19.8. The fraction of sp³-hybridized carbons (Fsp3) is 0.429. The first kappa shape index (κ1) is 13.7. The molecule has 0 saturated carbocycles. The first-order valence-electron chi connectivity index (χ1n) is 6.73. The molecule has 6 heteroatoms. The van der Waals surface area contributed by atoms with Crippen LogP contribution in [-0.4, -0.2) is 39.4 Å². The molecule has 20 heavy (non-hydrogen) atoms. The molecule has 0 bridgehead atoms. The van der Waals surface area contributed by atoms with Crippen molar-refractivity contribution in [1.29, 1.82) is 0 Å². The van der Waals surface area contributed by atoms with Gasteiger partial charge >= 0.3 is 0 Å². The van der Waals surface area contributed by atoms with E-state index < -0.39 is 0 Å². The van der Waals surface area contributed by atoms with Gasteiger partial charge in [0.15, 0.2) is 0 Å². The third kappa shape index (κ3) is 3.24. The van der Waals surface area contributed by atoms with Gasteiger partial charge in [-0.05, 0) is 23.9 Å². The molecular formula is C14H17N3OS2. The number of aromatic nitrogens is 2. The van der Waals surface area contributed by atoms with Gasteiger partial charge in [-0.1, -0.05) is 6.07 Å². The second kappa shape index (κ2) is 6.45. The van der Waals surface area contributed by atoms with E-state index in [2.05, 4.69) is 22.6 Å². The highest BCUT2D eigenvalue weighted by Gasteiger charge is 2.22. The first-order valence-corrected chi connectivity index (χ1v) is 8.66. The van der Waals surface area contributed by atoms with Crippen LogP contribution in [0.1, 0.15) is 16.5 Å². The summed E-state index contributed by atoms with van der Waals surface area (Å²) >= 11 is 3.78. The van der Waals surface area contributed by atoms with E-state index in [0.717, 1.165) is 25.3 Å². The average molecular weight is 307 g/mol. The molecule has 0 radical (unpaired) electrons. The lowest BCUT2D eigenvalue weighted by molar-refractivity contribution is -0.131. The third-order valence-corrected chi connectivity index (χ3v) is 5.86. The molecule has 2 aromatic rings. The predicted octanol–water partition coefficient (Wildman–Crippen LogP) is 2.65. The van der Waals surface area contributed by atoms with Crippen molar-refractivity contribution in [3.05, 3.63) is 40.8 Å². The summed E-state index contributed by atoms with van der Waals surface area (Å²) in [6.45, 7) is 2.03. The maximum Gasteiger partial charge on any atom is 0.244 e. The lowest BCUT2D eigenvalue weighted by Crippen LogP contribution is -2.35. The van der Waals surface area contributed by atoms with Crippen molar-refractivity contribution in [1.82, 2.24) is 14.7 Å². The molecule has 0 N–H and O–H groups in total. The molecule has 4 nitrogen and oxygen atoms in total. The van der Waals surface area contributed by atoms with Gasteiger partial charge in [-0.25, -0.2) is 0 Å². The molecule has 0 aliphatic carbocycles. The van der Waals surface area contributed by atoms with Crippen molar-refractivity contribution >= 4 is 29.0 Å². The summed E-state index contributed by atoms with van der Waals surface area (Å²) in [6.07, 6.45) is 4.58. The summed E-state index contributed by atoms with van der Waals surface area (Å²) in [5.41, 5.74) is 0. The minimum Gasteiger partial charge on any atom is -0.340 e. The van der Waals surface area contributed by atoms with Crippen molar-refractivity contribution in [3.63, 3.8) is 0 Å². The van der Waals surface area contributed by atoms with Crippen LogP contribution in [-0.2, 0) is 11.3 Å². The molecule has 0 aromatic carbocycles. The number of thioether (sulfide) groups is 1. The Kier molecular flexibility index (Phi) is 4.42. The number of carbonyl (C=O) groups is 1. The highest BCUT2D eigenvalue weighted by molar-refractivity contribution is 7.99. The largest absolute Gasteiger partial charge is 0.340 e. The van der Waals surface area contributed by atoms with Crippen LogP contribution in [0, 0.1) is 0 Å². The van der Waals surface area contributed by atoms with Crippen molar-refractivity contribution < 1.29 is 4.79 Å². The van der Waals surface area contributed by atoms with Crippen LogP contribution >= 0.6 is 23.1 Å². The van der Waals surface area contributed by atoms with Crippen LogP contribution < -0.4 is 0 Å². The highest BCUT2D eigenvalue weighted by atomic mass is 32.2. The minimum atomic E-state index is 0.168. The van der Waals surface area contributed by atoms with E-state index in [0.29, 0.717) is 11.8 Å². The van der Waals surface area contributed by atoms with Crippen LogP contribution in [0.25, 0.3) is 0 Å². The number of thiophene rings is 1. The zero-order valence-corrected chi connectivity index (χ0v) is 12.8. The molecule has 2 aromatic heterocycles. The molecule has 1 amide bonds. The molecule has 106 valence electrons. The summed E-state index contributed by atoms with van der Waals surface area (Å²) < 4.78 is 1.69. The summed E-state index contributed by atoms with van der Waals surface area (Å²) in [4.78, 5) is 15.7. The summed E-state index contributed by atoms with van der Waals surface area (Å²) in [5, 5.41) is 6.76. The molecule has 1 aliphatic rings. The van der Waals surface area contributed by atoms with Crippen LogP contribution in [0.4, 0.5) is 0 Å². The summed E-state index contributed by atoms with van der Waals surface area (Å²) in [6, 6.07) is 6.15. The molecule has 1 fully saturated rings. The Morgan fingerprint density at radius 3 is 3.10 bits per heavy atom. The van der Waals surface area contributed by atoms with Gasteiger partial charge in [0, 0.05) is 41.4 Å². The summed E-state index contributed by atoms with van der Waals surface area (Å²) in [7, 11) is 0. The Balaban J connectivity index is 1.58. The van der Waals surface area contributed by atoms with Crippen LogP contribution in [0.2, 0.25) is 0 Å². The zero-order valence-electron chi connectivity index (χ0n) is 11.1. The van der Waals surface area contributed by atoms with E-state index in [1.807, 2.05) is 40.3 Å². The van der Waals surface area contributed by atoms with E-state index in [1.54, 1.807) is 10.9 Å². The lowest BCUT2D eigenvalue weighted by Gasteiger charge is -2.20. The number of hydrogen-bond donors (Lipinski definition) is 0. The van der Waals surface area contributed by atoms with Crippen LogP contribution in [0.3, 0.4) is 0 Å². The van der Waals surface area contributed by atoms with E-state index in [1.165, 1.54) is 4.88 Å². The Labute approximate surface area is 126 Å². The monoisotopic (exact) mass is 307 g/mol. The van der Waals surface area contributed by atoms with Gasteiger partial charge in [-0.15, -0.1) is 11.3 Å². The highest BCUT2D eigenvalue weighted by Crippen LogP contribution is 2.36. The quantitative estimate of drug-likeness (QED) is 0.875. The fourth-order valence-corrected chi connectivity index (χ4v) is 4.59. The van der Waals surface area contributed by atoms with Gasteiger partial charge in [0.2, 0.25) is 5.91 Å². The number of hydrogen-bond acceptors (Lipinski definition) is 4. The Bertz CT molecular complexity index is 539. The van der Waals surface area contributed by atoms with Gasteiger partial charge in [0.25, 0.3) is 0 Å². The van der Waals surface area contributed by atoms with Crippen LogP contribution in [0.15, 0.2) is 36.0 Å². The molecule has 0 unspecified atom stereocenters. The minimum absolute atomic E-state index is 0.168. The Morgan fingerprint density at radius 2 is 2.35 bits per heavy atom. The Morgan fingerprint density at radius 1 is 1.40 bits per heavy atom.